The lowest BCUT2D eigenvalue weighted by Crippen LogP contribution is -2.03. The van der Waals surface area contributed by atoms with Crippen LogP contribution in [0, 0.1) is 0 Å². The Hall–Kier alpha value is -2.09. The van der Waals surface area contributed by atoms with Gasteiger partial charge in [-0.3, -0.25) is 4.79 Å². The molecule has 0 saturated carbocycles. The molecule has 2 rings (SSSR count). The maximum Gasteiger partial charge on any atom is 0.305 e. The van der Waals surface area contributed by atoms with Crippen molar-refractivity contribution in [3.63, 3.8) is 0 Å². The van der Waals surface area contributed by atoms with Crippen LogP contribution in [0.5, 0.6) is 0 Å². The van der Waals surface area contributed by atoms with Crippen molar-refractivity contribution in [2.75, 3.05) is 7.11 Å². The van der Waals surface area contributed by atoms with Crippen LogP contribution >= 0.6 is 0 Å². The summed E-state index contributed by atoms with van der Waals surface area (Å²) in [6.07, 6.45) is 3.45. The number of hydrogen-bond donors (Lipinski definition) is 0. The van der Waals surface area contributed by atoms with E-state index in [0.717, 1.165) is 19.3 Å². The van der Waals surface area contributed by atoms with E-state index < -0.39 is 0 Å². The van der Waals surface area contributed by atoms with Gasteiger partial charge in [0.2, 0.25) is 0 Å². The van der Waals surface area contributed by atoms with Gasteiger partial charge < -0.3 is 4.74 Å². The van der Waals surface area contributed by atoms with Gasteiger partial charge in [-0.05, 0) is 24.0 Å². The Morgan fingerprint density at radius 2 is 1.43 bits per heavy atom. The Balaban J connectivity index is 2.02. The number of esters is 1. The summed E-state index contributed by atoms with van der Waals surface area (Å²) in [5, 5.41) is 0. The quantitative estimate of drug-likeness (QED) is 0.550. The predicted molar refractivity (Wildman–Crippen MR) is 85.2 cm³/mol. The number of carbonyl (C=O) groups is 1. The molecule has 0 fully saturated rings. The van der Waals surface area contributed by atoms with Gasteiger partial charge in [0.15, 0.2) is 0 Å². The van der Waals surface area contributed by atoms with Gasteiger partial charge in [0.25, 0.3) is 0 Å². The molecule has 2 heteroatoms. The van der Waals surface area contributed by atoms with Crippen LogP contribution in [0.25, 0.3) is 0 Å². The first-order valence-corrected chi connectivity index (χ1v) is 7.48. The van der Waals surface area contributed by atoms with Gasteiger partial charge in [-0.15, -0.1) is 0 Å². The van der Waals surface area contributed by atoms with Crippen molar-refractivity contribution in [2.45, 2.75) is 31.6 Å². The Labute approximate surface area is 126 Å². The van der Waals surface area contributed by atoms with Gasteiger partial charge in [-0.2, -0.15) is 0 Å². The van der Waals surface area contributed by atoms with Gasteiger partial charge >= 0.3 is 5.97 Å². The monoisotopic (exact) mass is 282 g/mol. The fraction of sp³-hybridized carbons (Fsp3) is 0.316. The molecule has 0 spiro atoms. The van der Waals surface area contributed by atoms with Crippen molar-refractivity contribution < 1.29 is 9.53 Å². The highest BCUT2D eigenvalue weighted by atomic mass is 16.5. The highest BCUT2D eigenvalue weighted by Gasteiger charge is 2.13. The Morgan fingerprint density at radius 1 is 0.905 bits per heavy atom. The zero-order valence-electron chi connectivity index (χ0n) is 12.5. The summed E-state index contributed by atoms with van der Waals surface area (Å²) in [6, 6.07) is 21.1. The van der Waals surface area contributed by atoms with Crippen LogP contribution in [0.4, 0.5) is 0 Å². The molecule has 0 N–H and O–H groups in total. The molecule has 0 saturated heterocycles. The van der Waals surface area contributed by atoms with E-state index in [1.54, 1.807) is 0 Å². The molecule has 0 unspecified atom stereocenters. The Bertz CT molecular complexity index is 495. The molecule has 0 aliphatic rings. The molecule has 2 aromatic carbocycles. The first kappa shape index (κ1) is 15.3. The summed E-state index contributed by atoms with van der Waals surface area (Å²) < 4.78 is 4.69. The minimum absolute atomic E-state index is 0.119. The van der Waals surface area contributed by atoms with Crippen LogP contribution in [-0.4, -0.2) is 13.1 Å². The summed E-state index contributed by atoms with van der Waals surface area (Å²) in [4.78, 5) is 11.2. The van der Waals surface area contributed by atoms with Crippen LogP contribution in [0.3, 0.4) is 0 Å². The standard InChI is InChI=1S/C19H22O2/c1-21-19(20)15-9-8-14-18(16-10-4-2-5-11-16)17-12-6-3-7-13-17/h2-7,10-13,18H,8-9,14-15H2,1H3. The van der Waals surface area contributed by atoms with E-state index in [2.05, 4.69) is 53.3 Å². The molecular weight excluding hydrogens is 260 g/mol. The average Bonchev–Trinajstić information content (AvgIpc) is 2.56. The van der Waals surface area contributed by atoms with Gasteiger partial charge in [0.1, 0.15) is 0 Å². The van der Waals surface area contributed by atoms with Crippen molar-refractivity contribution in [1.82, 2.24) is 0 Å². The minimum Gasteiger partial charge on any atom is -0.469 e. The number of unbranched alkanes of at least 4 members (excludes halogenated alkanes) is 1. The fourth-order valence-corrected chi connectivity index (χ4v) is 2.62. The van der Waals surface area contributed by atoms with Gasteiger partial charge in [-0.1, -0.05) is 67.1 Å². The Morgan fingerprint density at radius 3 is 1.90 bits per heavy atom. The molecule has 0 radical (unpaired) electrons. The molecule has 110 valence electrons. The molecule has 2 nitrogen and oxygen atoms in total. The predicted octanol–water partition coefficient (Wildman–Crippen LogP) is 4.55. The number of carbonyl (C=O) groups excluding carboxylic acids is 1. The molecule has 0 aromatic heterocycles. The zero-order valence-corrected chi connectivity index (χ0v) is 12.5. The topological polar surface area (TPSA) is 26.3 Å². The molecule has 21 heavy (non-hydrogen) atoms. The summed E-state index contributed by atoms with van der Waals surface area (Å²) in [5.41, 5.74) is 2.67. The second-order valence-corrected chi connectivity index (χ2v) is 5.20. The van der Waals surface area contributed by atoms with E-state index in [9.17, 15) is 4.79 Å². The summed E-state index contributed by atoms with van der Waals surface area (Å²) in [7, 11) is 1.44. The lowest BCUT2D eigenvalue weighted by atomic mass is 9.87. The Kier molecular flexibility index (Phi) is 6.01. The SMILES string of the molecule is COC(=O)CCCCC(c1ccccc1)c1ccccc1. The number of benzene rings is 2. The number of rotatable bonds is 7. The molecule has 0 aliphatic heterocycles. The number of hydrogen-bond acceptors (Lipinski definition) is 2. The number of ether oxygens (including phenoxy) is 1. The van der Waals surface area contributed by atoms with Crippen molar-refractivity contribution in [2.24, 2.45) is 0 Å². The fourth-order valence-electron chi connectivity index (χ4n) is 2.62. The van der Waals surface area contributed by atoms with Crippen LogP contribution < -0.4 is 0 Å². The van der Waals surface area contributed by atoms with Crippen molar-refractivity contribution in [1.29, 1.82) is 0 Å². The maximum atomic E-state index is 11.2. The molecule has 0 aliphatic carbocycles. The van der Waals surface area contributed by atoms with Gasteiger partial charge in [0.05, 0.1) is 7.11 Å². The average molecular weight is 282 g/mol. The van der Waals surface area contributed by atoms with Crippen molar-refractivity contribution in [3.05, 3.63) is 71.8 Å². The summed E-state index contributed by atoms with van der Waals surface area (Å²) in [6.45, 7) is 0. The van der Waals surface area contributed by atoms with Crippen LogP contribution in [0.2, 0.25) is 0 Å². The van der Waals surface area contributed by atoms with E-state index in [1.807, 2.05) is 12.1 Å². The third kappa shape index (κ3) is 4.75. The minimum atomic E-state index is -0.119. The summed E-state index contributed by atoms with van der Waals surface area (Å²) >= 11 is 0. The van der Waals surface area contributed by atoms with E-state index in [-0.39, 0.29) is 5.97 Å². The van der Waals surface area contributed by atoms with E-state index in [1.165, 1.54) is 18.2 Å². The van der Waals surface area contributed by atoms with E-state index in [4.69, 9.17) is 0 Å². The second kappa shape index (κ2) is 8.25. The van der Waals surface area contributed by atoms with Crippen LogP contribution in [-0.2, 0) is 9.53 Å². The highest BCUT2D eigenvalue weighted by molar-refractivity contribution is 5.68. The molecular formula is C19H22O2. The first-order valence-electron chi connectivity index (χ1n) is 7.48. The zero-order chi connectivity index (χ0) is 14.9. The maximum absolute atomic E-state index is 11.2. The van der Waals surface area contributed by atoms with Gasteiger partial charge in [-0.25, -0.2) is 0 Å². The lowest BCUT2D eigenvalue weighted by Gasteiger charge is -2.18. The van der Waals surface area contributed by atoms with E-state index >= 15 is 0 Å². The van der Waals surface area contributed by atoms with Crippen LogP contribution in [0.15, 0.2) is 60.7 Å². The summed E-state index contributed by atoms with van der Waals surface area (Å²) in [5.74, 6) is 0.274. The molecule has 2 aromatic rings. The smallest absolute Gasteiger partial charge is 0.305 e. The van der Waals surface area contributed by atoms with E-state index in [0.29, 0.717) is 12.3 Å². The van der Waals surface area contributed by atoms with Crippen LogP contribution in [0.1, 0.15) is 42.7 Å². The third-order valence-electron chi connectivity index (χ3n) is 3.76. The first-order chi connectivity index (χ1) is 10.3. The third-order valence-corrected chi connectivity index (χ3v) is 3.76. The van der Waals surface area contributed by atoms with Gasteiger partial charge in [0, 0.05) is 12.3 Å². The molecule has 0 amide bonds. The highest BCUT2D eigenvalue weighted by Crippen LogP contribution is 2.29. The lowest BCUT2D eigenvalue weighted by molar-refractivity contribution is -0.140. The van der Waals surface area contributed by atoms with Crippen molar-refractivity contribution >= 4 is 5.97 Å². The molecule has 0 bridgehead atoms. The normalized spacial score (nSPS) is 10.6. The molecule has 0 heterocycles. The largest absolute Gasteiger partial charge is 0.469 e. The van der Waals surface area contributed by atoms with Crippen molar-refractivity contribution in [3.8, 4) is 0 Å². The molecule has 0 atom stereocenters. The number of methoxy groups -OCH3 is 1. The second-order valence-electron chi connectivity index (χ2n) is 5.20.